The molecule has 1 N–H and O–H groups in total. The third kappa shape index (κ3) is 3.38. The number of hydrogen-bond acceptors (Lipinski definition) is 5. The maximum Gasteiger partial charge on any atom is 0.277 e. The first-order valence-electron chi connectivity index (χ1n) is 7.26. The Hall–Kier alpha value is -3.28. The Kier molecular flexibility index (Phi) is 4.47. The second-order valence-corrected chi connectivity index (χ2v) is 4.99. The lowest BCUT2D eigenvalue weighted by molar-refractivity contribution is 0.101. The summed E-state index contributed by atoms with van der Waals surface area (Å²) >= 11 is 0. The molecule has 0 saturated carbocycles. The summed E-state index contributed by atoms with van der Waals surface area (Å²) in [4.78, 5) is 12.3. The molecule has 24 heavy (non-hydrogen) atoms. The molecule has 1 amide bonds. The van der Waals surface area contributed by atoms with E-state index in [1.54, 1.807) is 44.6 Å². The van der Waals surface area contributed by atoms with E-state index in [0.717, 1.165) is 11.3 Å². The highest BCUT2D eigenvalue weighted by Gasteiger charge is 2.14. The molecule has 0 atom stereocenters. The van der Waals surface area contributed by atoms with Crippen LogP contribution in [-0.2, 0) is 0 Å². The minimum absolute atomic E-state index is 0.198. The SMILES string of the molecule is COc1ccc(-c2cc(C(=O)Nc3cccc(OC)c3)no2)cc1. The first-order valence-corrected chi connectivity index (χ1v) is 7.26. The number of amides is 1. The maximum absolute atomic E-state index is 12.3. The summed E-state index contributed by atoms with van der Waals surface area (Å²) in [7, 11) is 3.17. The van der Waals surface area contributed by atoms with Gasteiger partial charge >= 0.3 is 0 Å². The number of benzene rings is 2. The number of hydrogen-bond donors (Lipinski definition) is 1. The van der Waals surface area contributed by atoms with Gasteiger partial charge in [-0.05, 0) is 36.4 Å². The lowest BCUT2D eigenvalue weighted by atomic mass is 10.1. The minimum Gasteiger partial charge on any atom is -0.497 e. The zero-order valence-corrected chi connectivity index (χ0v) is 13.3. The van der Waals surface area contributed by atoms with E-state index in [1.165, 1.54) is 0 Å². The Balaban J connectivity index is 1.75. The summed E-state index contributed by atoms with van der Waals surface area (Å²) in [5, 5.41) is 6.58. The fourth-order valence-electron chi connectivity index (χ4n) is 2.17. The van der Waals surface area contributed by atoms with E-state index < -0.39 is 0 Å². The second kappa shape index (κ2) is 6.87. The van der Waals surface area contributed by atoms with Crippen molar-refractivity contribution in [1.29, 1.82) is 0 Å². The van der Waals surface area contributed by atoms with Crippen LogP contribution < -0.4 is 14.8 Å². The number of carbonyl (C=O) groups is 1. The molecule has 1 heterocycles. The molecule has 6 nitrogen and oxygen atoms in total. The van der Waals surface area contributed by atoms with Gasteiger partial charge in [-0.15, -0.1) is 0 Å². The van der Waals surface area contributed by atoms with Gasteiger partial charge < -0.3 is 19.3 Å². The molecule has 3 aromatic rings. The van der Waals surface area contributed by atoms with Crippen molar-refractivity contribution in [2.75, 3.05) is 19.5 Å². The van der Waals surface area contributed by atoms with E-state index in [2.05, 4.69) is 10.5 Å². The van der Waals surface area contributed by atoms with Crippen LogP contribution in [0.2, 0.25) is 0 Å². The molecule has 0 radical (unpaired) electrons. The highest BCUT2D eigenvalue weighted by atomic mass is 16.5. The predicted molar refractivity (Wildman–Crippen MR) is 89.4 cm³/mol. The molecule has 0 spiro atoms. The quantitative estimate of drug-likeness (QED) is 0.776. The number of nitrogens with one attached hydrogen (secondary N) is 1. The summed E-state index contributed by atoms with van der Waals surface area (Å²) in [5.74, 6) is 1.56. The highest BCUT2D eigenvalue weighted by Crippen LogP contribution is 2.24. The average molecular weight is 324 g/mol. The fourth-order valence-corrected chi connectivity index (χ4v) is 2.17. The van der Waals surface area contributed by atoms with E-state index in [0.29, 0.717) is 17.2 Å². The Labute approximate surface area is 139 Å². The molecule has 0 unspecified atom stereocenters. The van der Waals surface area contributed by atoms with Gasteiger partial charge in [0.2, 0.25) is 0 Å². The first kappa shape index (κ1) is 15.6. The van der Waals surface area contributed by atoms with Gasteiger partial charge in [-0.25, -0.2) is 0 Å². The van der Waals surface area contributed by atoms with E-state index in [9.17, 15) is 4.79 Å². The second-order valence-electron chi connectivity index (χ2n) is 4.99. The number of rotatable bonds is 5. The van der Waals surface area contributed by atoms with Gasteiger partial charge in [0.25, 0.3) is 5.91 Å². The average Bonchev–Trinajstić information content (AvgIpc) is 3.12. The largest absolute Gasteiger partial charge is 0.497 e. The minimum atomic E-state index is -0.355. The summed E-state index contributed by atoms with van der Waals surface area (Å²) in [6.45, 7) is 0. The summed E-state index contributed by atoms with van der Waals surface area (Å²) in [5.41, 5.74) is 1.63. The molecule has 0 aliphatic heterocycles. The molecule has 2 aromatic carbocycles. The number of nitrogens with zero attached hydrogens (tertiary/aromatic N) is 1. The first-order chi connectivity index (χ1) is 11.7. The van der Waals surface area contributed by atoms with Crippen molar-refractivity contribution in [2.24, 2.45) is 0 Å². The van der Waals surface area contributed by atoms with Crippen LogP contribution in [-0.4, -0.2) is 25.3 Å². The van der Waals surface area contributed by atoms with Gasteiger partial charge in [0.15, 0.2) is 11.5 Å². The Morgan fingerprint density at radius 3 is 2.46 bits per heavy atom. The number of ether oxygens (including phenoxy) is 2. The predicted octanol–water partition coefficient (Wildman–Crippen LogP) is 3.61. The molecule has 0 fully saturated rings. The Morgan fingerprint density at radius 1 is 1.00 bits per heavy atom. The van der Waals surface area contributed by atoms with Crippen molar-refractivity contribution in [3.05, 3.63) is 60.3 Å². The van der Waals surface area contributed by atoms with Crippen LogP contribution in [0.3, 0.4) is 0 Å². The molecule has 0 saturated heterocycles. The van der Waals surface area contributed by atoms with Crippen molar-refractivity contribution in [2.45, 2.75) is 0 Å². The van der Waals surface area contributed by atoms with Crippen LogP contribution >= 0.6 is 0 Å². The Bertz CT molecular complexity index is 840. The lowest BCUT2D eigenvalue weighted by Crippen LogP contribution is -2.12. The van der Waals surface area contributed by atoms with E-state index >= 15 is 0 Å². The summed E-state index contributed by atoms with van der Waals surface area (Å²) in [6.07, 6.45) is 0. The zero-order chi connectivity index (χ0) is 16.9. The molecular formula is C18H16N2O4. The molecular weight excluding hydrogens is 308 g/mol. The summed E-state index contributed by atoms with van der Waals surface area (Å²) < 4.78 is 15.5. The third-order valence-corrected chi connectivity index (χ3v) is 3.44. The van der Waals surface area contributed by atoms with Crippen molar-refractivity contribution in [3.63, 3.8) is 0 Å². The number of methoxy groups -OCH3 is 2. The summed E-state index contributed by atoms with van der Waals surface area (Å²) in [6, 6.07) is 16.0. The highest BCUT2D eigenvalue weighted by molar-refractivity contribution is 6.03. The number of aromatic nitrogens is 1. The van der Waals surface area contributed by atoms with E-state index in [4.69, 9.17) is 14.0 Å². The number of anilines is 1. The van der Waals surface area contributed by atoms with Gasteiger partial charge in [-0.3, -0.25) is 4.79 Å². The standard InChI is InChI=1S/C18H16N2O4/c1-22-14-8-6-12(7-9-14)17-11-16(20-24-17)18(21)19-13-4-3-5-15(10-13)23-2/h3-11H,1-2H3,(H,19,21). The molecule has 0 aliphatic rings. The molecule has 6 heteroatoms. The number of carbonyl (C=O) groups excluding carboxylic acids is 1. The van der Waals surface area contributed by atoms with Gasteiger partial charge in [-0.2, -0.15) is 0 Å². The molecule has 122 valence electrons. The van der Waals surface area contributed by atoms with Gasteiger partial charge in [0.05, 0.1) is 14.2 Å². The monoisotopic (exact) mass is 324 g/mol. The lowest BCUT2D eigenvalue weighted by Gasteiger charge is -2.04. The molecule has 3 rings (SSSR count). The normalized spacial score (nSPS) is 10.2. The van der Waals surface area contributed by atoms with Crippen LogP contribution in [0.5, 0.6) is 11.5 Å². The van der Waals surface area contributed by atoms with E-state index in [1.807, 2.05) is 24.3 Å². The van der Waals surface area contributed by atoms with Crippen molar-refractivity contribution in [3.8, 4) is 22.8 Å². The van der Waals surface area contributed by atoms with Crippen LogP contribution in [0.25, 0.3) is 11.3 Å². The topological polar surface area (TPSA) is 73.6 Å². The van der Waals surface area contributed by atoms with Crippen molar-refractivity contribution >= 4 is 11.6 Å². The third-order valence-electron chi connectivity index (χ3n) is 3.44. The van der Waals surface area contributed by atoms with Crippen LogP contribution in [0.15, 0.2) is 59.1 Å². The van der Waals surface area contributed by atoms with Gasteiger partial charge in [0, 0.05) is 23.4 Å². The van der Waals surface area contributed by atoms with Gasteiger partial charge in [0.1, 0.15) is 11.5 Å². The zero-order valence-electron chi connectivity index (χ0n) is 13.3. The maximum atomic E-state index is 12.3. The molecule has 0 aliphatic carbocycles. The smallest absolute Gasteiger partial charge is 0.277 e. The molecule has 0 bridgehead atoms. The van der Waals surface area contributed by atoms with Crippen molar-refractivity contribution in [1.82, 2.24) is 5.16 Å². The fraction of sp³-hybridized carbons (Fsp3) is 0.111. The Morgan fingerprint density at radius 2 is 1.75 bits per heavy atom. The molecule has 1 aromatic heterocycles. The van der Waals surface area contributed by atoms with Crippen LogP contribution in [0.4, 0.5) is 5.69 Å². The van der Waals surface area contributed by atoms with Gasteiger partial charge in [-0.1, -0.05) is 11.2 Å². The van der Waals surface area contributed by atoms with E-state index in [-0.39, 0.29) is 11.6 Å². The van der Waals surface area contributed by atoms with Crippen LogP contribution in [0.1, 0.15) is 10.5 Å². The van der Waals surface area contributed by atoms with Crippen molar-refractivity contribution < 1.29 is 18.8 Å². The van der Waals surface area contributed by atoms with Crippen LogP contribution in [0, 0.1) is 0 Å².